The molecule has 0 bridgehead atoms. The number of nitrogens with one attached hydrogen (secondary N) is 1. The van der Waals surface area contributed by atoms with Crippen LogP contribution in [0.15, 0.2) is 22.7 Å². The quantitative estimate of drug-likeness (QED) is 0.868. The van der Waals surface area contributed by atoms with Gasteiger partial charge in [0.1, 0.15) is 5.75 Å². The van der Waals surface area contributed by atoms with Crippen LogP contribution >= 0.6 is 15.9 Å². The van der Waals surface area contributed by atoms with Gasteiger partial charge in [0.2, 0.25) is 0 Å². The number of anilines is 1. The van der Waals surface area contributed by atoms with Gasteiger partial charge in [-0.05, 0) is 54.0 Å². The van der Waals surface area contributed by atoms with Gasteiger partial charge in [-0.3, -0.25) is 0 Å². The van der Waals surface area contributed by atoms with E-state index in [0.29, 0.717) is 5.41 Å². The van der Waals surface area contributed by atoms with Crippen molar-refractivity contribution in [1.29, 1.82) is 0 Å². The molecule has 1 aromatic rings. The van der Waals surface area contributed by atoms with Crippen LogP contribution in [-0.2, 0) is 0 Å². The number of nitrogens with zero attached hydrogens (tertiary/aromatic N) is 1. The van der Waals surface area contributed by atoms with Crippen molar-refractivity contribution < 1.29 is 4.74 Å². The minimum atomic E-state index is 0.454. The highest BCUT2D eigenvalue weighted by Crippen LogP contribution is 2.41. The maximum atomic E-state index is 5.28. The summed E-state index contributed by atoms with van der Waals surface area (Å²) in [6, 6.07) is 6.27. The smallest absolute Gasteiger partial charge is 0.133 e. The normalized spacial score (nSPS) is 16.8. The molecule has 1 saturated carbocycles. The fourth-order valence-corrected chi connectivity index (χ4v) is 3.46. The summed E-state index contributed by atoms with van der Waals surface area (Å²) in [4.78, 5) is 2.35. The highest BCUT2D eigenvalue weighted by molar-refractivity contribution is 9.10. The lowest BCUT2D eigenvalue weighted by Gasteiger charge is -2.45. The molecular formula is C15H23BrN2O. The van der Waals surface area contributed by atoms with Gasteiger partial charge >= 0.3 is 0 Å². The summed E-state index contributed by atoms with van der Waals surface area (Å²) in [6.07, 6.45) is 4.02. The van der Waals surface area contributed by atoms with Gasteiger partial charge < -0.3 is 15.0 Å². The van der Waals surface area contributed by atoms with E-state index in [2.05, 4.69) is 45.3 Å². The molecule has 3 nitrogen and oxygen atoms in total. The highest BCUT2D eigenvalue weighted by atomic mass is 79.9. The summed E-state index contributed by atoms with van der Waals surface area (Å²) < 4.78 is 6.29. The van der Waals surface area contributed by atoms with E-state index in [9.17, 15) is 0 Å². The zero-order valence-electron chi connectivity index (χ0n) is 12.0. The van der Waals surface area contributed by atoms with Crippen LogP contribution in [0.4, 0.5) is 5.69 Å². The Hall–Kier alpha value is -0.740. The maximum Gasteiger partial charge on any atom is 0.133 e. The summed E-state index contributed by atoms with van der Waals surface area (Å²) >= 11 is 3.55. The summed E-state index contributed by atoms with van der Waals surface area (Å²) in [5.74, 6) is 0.880. The SMILES string of the molecule is CNCC1(CN(C)c2ccc(OC)c(Br)c2)CCC1. The third kappa shape index (κ3) is 3.23. The van der Waals surface area contributed by atoms with Gasteiger partial charge in [-0.1, -0.05) is 6.42 Å². The third-order valence-corrected chi connectivity index (χ3v) is 4.73. The molecule has 106 valence electrons. The molecule has 19 heavy (non-hydrogen) atoms. The molecule has 1 aliphatic rings. The van der Waals surface area contributed by atoms with Gasteiger partial charge in [0.15, 0.2) is 0 Å². The van der Waals surface area contributed by atoms with Crippen molar-refractivity contribution in [2.75, 3.05) is 39.2 Å². The minimum absolute atomic E-state index is 0.454. The van der Waals surface area contributed by atoms with Crippen molar-refractivity contribution in [3.8, 4) is 5.75 Å². The molecular weight excluding hydrogens is 304 g/mol. The van der Waals surface area contributed by atoms with E-state index in [0.717, 1.165) is 23.3 Å². The summed E-state index contributed by atoms with van der Waals surface area (Å²) in [5, 5.41) is 3.34. The standard InChI is InChI=1S/C15H23BrN2O/c1-17-10-15(7-4-8-15)11-18(2)12-5-6-14(19-3)13(16)9-12/h5-6,9,17H,4,7-8,10-11H2,1-3H3. The van der Waals surface area contributed by atoms with Gasteiger partial charge in [0.05, 0.1) is 11.6 Å². The summed E-state index contributed by atoms with van der Waals surface area (Å²) in [5.41, 5.74) is 1.69. The van der Waals surface area contributed by atoms with Crippen molar-refractivity contribution in [2.24, 2.45) is 5.41 Å². The molecule has 0 atom stereocenters. The van der Waals surface area contributed by atoms with Crippen LogP contribution in [0.25, 0.3) is 0 Å². The number of hydrogen-bond donors (Lipinski definition) is 1. The molecule has 0 spiro atoms. The fourth-order valence-electron chi connectivity index (χ4n) is 2.93. The largest absolute Gasteiger partial charge is 0.496 e. The molecule has 0 amide bonds. The summed E-state index contributed by atoms with van der Waals surface area (Å²) in [7, 11) is 5.91. The Labute approximate surface area is 124 Å². The molecule has 1 aliphatic carbocycles. The maximum absolute atomic E-state index is 5.28. The van der Waals surface area contributed by atoms with E-state index in [1.54, 1.807) is 7.11 Å². The molecule has 1 aromatic carbocycles. The fraction of sp³-hybridized carbons (Fsp3) is 0.600. The van der Waals surface area contributed by atoms with Crippen LogP contribution in [0.2, 0.25) is 0 Å². The van der Waals surface area contributed by atoms with Gasteiger partial charge in [-0.25, -0.2) is 0 Å². The Balaban J connectivity index is 2.07. The van der Waals surface area contributed by atoms with Crippen LogP contribution in [0.1, 0.15) is 19.3 Å². The third-order valence-electron chi connectivity index (χ3n) is 4.11. The highest BCUT2D eigenvalue weighted by Gasteiger charge is 2.37. The first kappa shape index (κ1) is 14.7. The molecule has 1 N–H and O–H groups in total. The molecule has 4 heteroatoms. The average Bonchev–Trinajstić information content (AvgIpc) is 2.36. The Morgan fingerprint density at radius 2 is 2.16 bits per heavy atom. The Morgan fingerprint density at radius 1 is 1.42 bits per heavy atom. The molecule has 0 heterocycles. The molecule has 0 saturated heterocycles. The van der Waals surface area contributed by atoms with Gasteiger partial charge in [-0.15, -0.1) is 0 Å². The number of methoxy groups -OCH3 is 1. The Kier molecular flexibility index (Phi) is 4.74. The van der Waals surface area contributed by atoms with Gasteiger partial charge in [0.25, 0.3) is 0 Å². The molecule has 0 aliphatic heterocycles. The lowest BCUT2D eigenvalue weighted by molar-refractivity contribution is 0.143. The second-order valence-corrected chi connectivity index (χ2v) is 6.41. The first-order valence-corrected chi connectivity index (χ1v) is 7.59. The molecule has 1 fully saturated rings. The number of ether oxygens (including phenoxy) is 1. The predicted molar refractivity (Wildman–Crippen MR) is 84.2 cm³/mol. The van der Waals surface area contributed by atoms with E-state index in [4.69, 9.17) is 4.74 Å². The lowest BCUT2D eigenvalue weighted by atomic mass is 9.68. The average molecular weight is 327 g/mol. The Morgan fingerprint density at radius 3 is 2.63 bits per heavy atom. The van der Waals surface area contributed by atoms with Crippen LogP contribution in [0.3, 0.4) is 0 Å². The number of rotatable bonds is 6. The van der Waals surface area contributed by atoms with Crippen molar-refractivity contribution in [2.45, 2.75) is 19.3 Å². The predicted octanol–water partition coefficient (Wildman–Crippen LogP) is 3.28. The van der Waals surface area contributed by atoms with Gasteiger partial charge in [0, 0.05) is 31.2 Å². The zero-order chi connectivity index (χ0) is 13.9. The van der Waals surface area contributed by atoms with Crippen molar-refractivity contribution in [3.63, 3.8) is 0 Å². The van der Waals surface area contributed by atoms with E-state index < -0.39 is 0 Å². The van der Waals surface area contributed by atoms with E-state index in [1.165, 1.54) is 24.9 Å². The van der Waals surface area contributed by atoms with E-state index in [1.807, 2.05) is 13.1 Å². The molecule has 0 aromatic heterocycles. The summed E-state index contributed by atoms with van der Waals surface area (Å²) in [6.45, 7) is 2.21. The zero-order valence-corrected chi connectivity index (χ0v) is 13.6. The van der Waals surface area contributed by atoms with E-state index >= 15 is 0 Å². The van der Waals surface area contributed by atoms with Crippen molar-refractivity contribution in [1.82, 2.24) is 5.32 Å². The van der Waals surface area contributed by atoms with Crippen molar-refractivity contribution in [3.05, 3.63) is 22.7 Å². The molecule has 0 unspecified atom stereocenters. The second-order valence-electron chi connectivity index (χ2n) is 5.56. The monoisotopic (exact) mass is 326 g/mol. The van der Waals surface area contributed by atoms with Crippen LogP contribution < -0.4 is 15.0 Å². The first-order valence-electron chi connectivity index (χ1n) is 6.79. The van der Waals surface area contributed by atoms with Crippen LogP contribution in [0, 0.1) is 5.41 Å². The molecule has 2 rings (SSSR count). The second kappa shape index (κ2) is 6.14. The van der Waals surface area contributed by atoms with Crippen LogP contribution in [-0.4, -0.2) is 34.3 Å². The van der Waals surface area contributed by atoms with Crippen molar-refractivity contribution >= 4 is 21.6 Å². The number of benzene rings is 1. The Bertz CT molecular complexity index is 432. The molecule has 0 radical (unpaired) electrons. The lowest BCUT2D eigenvalue weighted by Crippen LogP contribution is -2.47. The number of hydrogen-bond acceptors (Lipinski definition) is 3. The minimum Gasteiger partial charge on any atom is -0.496 e. The number of halogens is 1. The van der Waals surface area contributed by atoms with E-state index in [-0.39, 0.29) is 0 Å². The van der Waals surface area contributed by atoms with Gasteiger partial charge in [-0.2, -0.15) is 0 Å². The van der Waals surface area contributed by atoms with Crippen LogP contribution in [0.5, 0.6) is 5.75 Å². The first-order chi connectivity index (χ1) is 9.10. The topological polar surface area (TPSA) is 24.5 Å².